The number of hydrogen-bond acceptors (Lipinski definition) is 4. The number of amides is 1. The smallest absolute Gasteiger partial charge is 0.311 e. The Hall–Kier alpha value is -1.93. The highest BCUT2D eigenvalue weighted by molar-refractivity contribution is 7.89. The molecule has 0 aromatic heterocycles. The number of nitrogens with zero attached hydrogens (tertiary/aromatic N) is 1. The van der Waals surface area contributed by atoms with Crippen molar-refractivity contribution in [1.29, 1.82) is 0 Å². The lowest BCUT2D eigenvalue weighted by Crippen LogP contribution is -2.42. The van der Waals surface area contributed by atoms with Crippen LogP contribution >= 0.6 is 0 Å². The normalized spacial score (nSPS) is 25.0. The molecule has 2 unspecified atom stereocenters. The average Bonchev–Trinajstić information content (AvgIpc) is 3.40. The molecule has 1 amide bonds. The van der Waals surface area contributed by atoms with Crippen LogP contribution in [0.5, 0.6) is 0 Å². The minimum absolute atomic E-state index is 0.0549. The summed E-state index contributed by atoms with van der Waals surface area (Å²) in [6, 6.07) is 5.95. The summed E-state index contributed by atoms with van der Waals surface area (Å²) < 4.78 is 27.5. The third-order valence-corrected chi connectivity index (χ3v) is 7.29. The molecule has 2 N–H and O–H groups in total. The Morgan fingerprint density at radius 1 is 1.22 bits per heavy atom. The lowest BCUT2D eigenvalue weighted by atomic mass is 9.94. The fourth-order valence-corrected chi connectivity index (χ4v) is 5.44. The second-order valence-electron chi connectivity index (χ2n) is 8.06. The van der Waals surface area contributed by atoms with Crippen LogP contribution in [0.25, 0.3) is 0 Å². The maximum Gasteiger partial charge on any atom is 0.311 e. The van der Waals surface area contributed by atoms with Gasteiger partial charge in [0.25, 0.3) is 5.91 Å². The van der Waals surface area contributed by atoms with E-state index in [1.807, 2.05) is 13.8 Å². The molecule has 0 spiro atoms. The average molecular weight is 394 g/mol. The maximum absolute atomic E-state index is 13.0. The monoisotopic (exact) mass is 394 g/mol. The zero-order valence-corrected chi connectivity index (χ0v) is 16.5. The largest absolute Gasteiger partial charge is 0.481 e. The van der Waals surface area contributed by atoms with E-state index in [9.17, 15) is 23.1 Å². The van der Waals surface area contributed by atoms with Gasteiger partial charge in [0.2, 0.25) is 10.0 Å². The number of rotatable bonds is 6. The quantitative estimate of drug-likeness (QED) is 0.767. The maximum atomic E-state index is 13.0. The summed E-state index contributed by atoms with van der Waals surface area (Å²) >= 11 is 0. The van der Waals surface area contributed by atoms with Crippen molar-refractivity contribution in [1.82, 2.24) is 9.62 Å². The molecule has 1 saturated carbocycles. The highest BCUT2D eigenvalue weighted by Crippen LogP contribution is 2.45. The lowest BCUT2D eigenvalue weighted by molar-refractivity contribution is -0.143. The molecule has 1 aliphatic carbocycles. The van der Waals surface area contributed by atoms with Crippen LogP contribution < -0.4 is 5.32 Å². The van der Waals surface area contributed by atoms with E-state index in [1.54, 1.807) is 6.07 Å². The number of benzene rings is 1. The van der Waals surface area contributed by atoms with Crippen molar-refractivity contribution in [2.75, 3.05) is 19.6 Å². The molecule has 1 saturated heterocycles. The van der Waals surface area contributed by atoms with E-state index in [1.165, 1.54) is 22.5 Å². The van der Waals surface area contributed by atoms with Gasteiger partial charge in [0, 0.05) is 25.2 Å². The van der Waals surface area contributed by atoms with Crippen LogP contribution in [-0.4, -0.2) is 49.3 Å². The Balaban J connectivity index is 1.74. The molecule has 27 heavy (non-hydrogen) atoms. The number of nitrogens with one attached hydrogen (secondary N) is 1. The number of carbonyl (C=O) groups is 2. The highest BCUT2D eigenvalue weighted by atomic mass is 32.2. The van der Waals surface area contributed by atoms with E-state index in [-0.39, 0.29) is 17.0 Å². The molecule has 1 aromatic carbocycles. The third kappa shape index (κ3) is 4.16. The topological polar surface area (TPSA) is 104 Å². The molecule has 1 aromatic rings. The predicted molar refractivity (Wildman–Crippen MR) is 99.8 cm³/mol. The van der Waals surface area contributed by atoms with E-state index < -0.39 is 27.3 Å². The van der Waals surface area contributed by atoms with Crippen molar-refractivity contribution in [3.05, 3.63) is 29.8 Å². The second-order valence-corrected chi connectivity index (χ2v) is 10.0. The van der Waals surface area contributed by atoms with E-state index in [2.05, 4.69) is 5.32 Å². The first-order valence-electron chi connectivity index (χ1n) is 9.26. The first kappa shape index (κ1) is 19.8. The van der Waals surface area contributed by atoms with E-state index in [0.717, 1.165) is 6.42 Å². The summed E-state index contributed by atoms with van der Waals surface area (Å²) in [5.41, 5.74) is -0.644. The van der Waals surface area contributed by atoms with Gasteiger partial charge < -0.3 is 10.4 Å². The van der Waals surface area contributed by atoms with Crippen LogP contribution in [0.2, 0.25) is 0 Å². The van der Waals surface area contributed by atoms with Gasteiger partial charge in [0.05, 0.1) is 10.3 Å². The van der Waals surface area contributed by atoms with Crippen LogP contribution in [0.1, 0.15) is 43.5 Å². The molecular weight excluding hydrogens is 368 g/mol. The molecule has 1 heterocycles. The Morgan fingerprint density at radius 2 is 1.85 bits per heavy atom. The van der Waals surface area contributed by atoms with Crippen LogP contribution in [0.4, 0.5) is 0 Å². The van der Waals surface area contributed by atoms with E-state index in [0.29, 0.717) is 37.8 Å². The summed E-state index contributed by atoms with van der Waals surface area (Å²) in [4.78, 5) is 23.7. The molecule has 0 radical (unpaired) electrons. The molecule has 1 aliphatic heterocycles. The summed E-state index contributed by atoms with van der Waals surface area (Å²) in [6.45, 7) is 5.09. The fourth-order valence-electron chi connectivity index (χ4n) is 3.72. The van der Waals surface area contributed by atoms with Crippen molar-refractivity contribution in [2.24, 2.45) is 17.3 Å². The fraction of sp³-hybridized carbons (Fsp3) is 0.579. The van der Waals surface area contributed by atoms with E-state index >= 15 is 0 Å². The number of piperidine rings is 1. The van der Waals surface area contributed by atoms with Crippen molar-refractivity contribution in [2.45, 2.75) is 38.0 Å². The van der Waals surface area contributed by atoms with Crippen LogP contribution in [0.3, 0.4) is 0 Å². The van der Waals surface area contributed by atoms with Crippen molar-refractivity contribution < 1.29 is 23.1 Å². The minimum Gasteiger partial charge on any atom is -0.481 e. The summed E-state index contributed by atoms with van der Waals surface area (Å²) in [6.07, 6.45) is 2.09. The Labute approximate surface area is 159 Å². The number of carbonyl (C=O) groups excluding carboxylic acids is 1. The molecule has 2 fully saturated rings. The molecule has 7 nitrogen and oxygen atoms in total. The van der Waals surface area contributed by atoms with Gasteiger partial charge in [-0.15, -0.1) is 0 Å². The van der Waals surface area contributed by atoms with Gasteiger partial charge >= 0.3 is 5.97 Å². The second kappa shape index (κ2) is 7.24. The van der Waals surface area contributed by atoms with Crippen LogP contribution in [0.15, 0.2) is 29.2 Å². The highest BCUT2D eigenvalue weighted by Gasteiger charge is 2.50. The van der Waals surface area contributed by atoms with Crippen molar-refractivity contribution >= 4 is 21.9 Å². The van der Waals surface area contributed by atoms with Crippen molar-refractivity contribution in [3.8, 4) is 0 Å². The number of carboxylic acids is 1. The predicted octanol–water partition coefficient (Wildman–Crippen LogP) is 1.95. The summed E-state index contributed by atoms with van der Waals surface area (Å²) in [7, 11) is -3.67. The first-order chi connectivity index (χ1) is 12.6. The Bertz CT molecular complexity index is 837. The van der Waals surface area contributed by atoms with Gasteiger partial charge in [-0.1, -0.05) is 19.9 Å². The molecule has 148 valence electrons. The van der Waals surface area contributed by atoms with E-state index in [4.69, 9.17) is 0 Å². The van der Waals surface area contributed by atoms with Gasteiger partial charge in [0.15, 0.2) is 0 Å². The minimum atomic E-state index is -3.67. The first-order valence-corrected chi connectivity index (χ1v) is 10.7. The number of sulfonamides is 1. The molecule has 8 heteroatoms. The van der Waals surface area contributed by atoms with Gasteiger partial charge in [0.1, 0.15) is 0 Å². The number of hydrogen-bond donors (Lipinski definition) is 2. The van der Waals surface area contributed by atoms with Crippen molar-refractivity contribution in [3.63, 3.8) is 0 Å². The third-order valence-electron chi connectivity index (χ3n) is 5.46. The molecule has 0 bridgehead atoms. The zero-order chi connectivity index (χ0) is 19.8. The SMILES string of the molecule is CC1CC(C)CN(S(=O)(=O)c2cccc(C(=O)NCC3(C(=O)O)CC3)c2)C1. The van der Waals surface area contributed by atoms with Gasteiger partial charge in [-0.25, -0.2) is 8.42 Å². The standard InChI is InChI=1S/C19H26N2O5S/c1-13-8-14(2)11-21(10-13)27(25,26)16-5-3-4-15(9-16)17(22)20-12-19(6-7-19)18(23)24/h3-5,9,13-14H,6-8,10-12H2,1-2H3,(H,20,22)(H,23,24). The Morgan fingerprint density at radius 3 is 2.41 bits per heavy atom. The van der Waals surface area contributed by atoms with Gasteiger partial charge in [-0.3, -0.25) is 9.59 Å². The Kier molecular flexibility index (Phi) is 5.31. The lowest BCUT2D eigenvalue weighted by Gasteiger charge is -2.34. The molecular formula is C19H26N2O5S. The zero-order valence-electron chi connectivity index (χ0n) is 15.6. The number of carboxylic acid groups (broad SMARTS) is 1. The summed E-state index contributed by atoms with van der Waals surface area (Å²) in [5.74, 6) is -0.783. The van der Waals surface area contributed by atoms with Crippen LogP contribution in [0, 0.1) is 17.3 Å². The molecule has 2 aliphatic rings. The molecule has 3 rings (SSSR count). The van der Waals surface area contributed by atoms with Gasteiger partial charge in [-0.05, 0) is 49.3 Å². The number of aliphatic carboxylic acids is 1. The molecule has 2 atom stereocenters. The summed E-state index contributed by atoms with van der Waals surface area (Å²) in [5, 5.41) is 11.8. The van der Waals surface area contributed by atoms with Gasteiger partial charge in [-0.2, -0.15) is 4.31 Å². The van der Waals surface area contributed by atoms with Crippen LogP contribution in [-0.2, 0) is 14.8 Å².